The Labute approximate surface area is 128 Å². The quantitative estimate of drug-likeness (QED) is 0.729. The first kappa shape index (κ1) is 14.2. The molecule has 0 unspecified atom stereocenters. The van der Waals surface area contributed by atoms with Gasteiger partial charge in [-0.1, -0.05) is 19.8 Å². The van der Waals surface area contributed by atoms with E-state index >= 15 is 0 Å². The molecule has 0 amide bonds. The lowest BCUT2D eigenvalue weighted by atomic mass is 9.44. The average Bonchev–Trinajstić information content (AvgIpc) is 2.71. The zero-order valence-electron chi connectivity index (χ0n) is 13.7. The molecule has 6 atom stereocenters. The van der Waals surface area contributed by atoms with Gasteiger partial charge in [0, 0.05) is 6.42 Å². The minimum atomic E-state index is -0.696. The monoisotopic (exact) mass is 290 g/mol. The van der Waals surface area contributed by atoms with E-state index in [0.717, 1.165) is 25.2 Å². The summed E-state index contributed by atoms with van der Waals surface area (Å²) >= 11 is 0. The summed E-state index contributed by atoms with van der Waals surface area (Å²) in [7, 11) is 0. The fourth-order valence-corrected chi connectivity index (χ4v) is 7.03. The number of carbonyl (C=O) groups excluding carboxylic acids is 1. The van der Waals surface area contributed by atoms with Crippen molar-refractivity contribution in [2.24, 2.45) is 28.6 Å². The molecule has 4 aliphatic rings. The van der Waals surface area contributed by atoms with Crippen LogP contribution < -0.4 is 0 Å². The Morgan fingerprint density at radius 2 is 1.76 bits per heavy atom. The Kier molecular flexibility index (Phi) is 2.94. The van der Waals surface area contributed by atoms with Gasteiger partial charge in [0.15, 0.2) is 0 Å². The van der Waals surface area contributed by atoms with Crippen LogP contribution in [0.1, 0.15) is 78.1 Å². The average molecular weight is 290 g/mol. The first-order valence-electron chi connectivity index (χ1n) is 9.17. The Morgan fingerprint density at radius 3 is 2.57 bits per heavy atom. The van der Waals surface area contributed by atoms with Crippen LogP contribution in [-0.4, -0.2) is 16.5 Å². The van der Waals surface area contributed by atoms with Gasteiger partial charge in [-0.2, -0.15) is 0 Å². The summed E-state index contributed by atoms with van der Waals surface area (Å²) in [5.41, 5.74) is -0.700. The summed E-state index contributed by atoms with van der Waals surface area (Å²) in [6, 6.07) is 0. The Morgan fingerprint density at radius 1 is 0.952 bits per heavy atom. The molecule has 4 aliphatic carbocycles. The van der Waals surface area contributed by atoms with Gasteiger partial charge in [-0.15, -0.1) is 0 Å². The molecule has 0 radical (unpaired) electrons. The van der Waals surface area contributed by atoms with E-state index in [1.807, 2.05) is 0 Å². The lowest BCUT2D eigenvalue weighted by Gasteiger charge is -2.62. The van der Waals surface area contributed by atoms with E-state index < -0.39 is 11.0 Å². The second-order valence-electron chi connectivity index (χ2n) is 8.96. The number of hydrogen-bond donors (Lipinski definition) is 1. The molecule has 2 nitrogen and oxygen atoms in total. The third-order valence-electron chi connectivity index (χ3n) is 8.48. The van der Waals surface area contributed by atoms with Crippen molar-refractivity contribution in [1.82, 2.24) is 0 Å². The fourth-order valence-electron chi connectivity index (χ4n) is 7.03. The van der Waals surface area contributed by atoms with Gasteiger partial charge in [0.25, 0.3) is 0 Å². The molecule has 0 heterocycles. The highest BCUT2D eigenvalue weighted by Gasteiger charge is 2.67. The van der Waals surface area contributed by atoms with Gasteiger partial charge in [0.1, 0.15) is 5.78 Å². The highest BCUT2D eigenvalue weighted by molar-refractivity contribution is 5.88. The maximum absolute atomic E-state index is 12.4. The van der Waals surface area contributed by atoms with Crippen LogP contribution in [-0.2, 0) is 4.79 Å². The molecule has 0 saturated heterocycles. The standard InChI is InChI=1S/C19H30O2/c1-17-10-4-3-5-13(17)6-7-15-14(17)8-11-18(2)16(20)9-12-19(15,18)21/h13-15,21H,3-12H2,1-2H3/t13-,14+,15-,17+,18-,19-/m1/s1. The summed E-state index contributed by atoms with van der Waals surface area (Å²) in [5.74, 6) is 2.24. The van der Waals surface area contributed by atoms with Gasteiger partial charge < -0.3 is 5.11 Å². The normalized spacial score (nSPS) is 56.5. The molecule has 0 spiro atoms. The lowest BCUT2D eigenvalue weighted by molar-refractivity contribution is -0.197. The van der Waals surface area contributed by atoms with Crippen molar-refractivity contribution in [2.75, 3.05) is 0 Å². The van der Waals surface area contributed by atoms with Gasteiger partial charge in [0.05, 0.1) is 11.0 Å². The predicted molar refractivity (Wildman–Crippen MR) is 82.8 cm³/mol. The van der Waals surface area contributed by atoms with Gasteiger partial charge in [0.2, 0.25) is 0 Å². The van der Waals surface area contributed by atoms with E-state index in [0.29, 0.717) is 29.5 Å². The van der Waals surface area contributed by atoms with Gasteiger partial charge in [-0.25, -0.2) is 0 Å². The van der Waals surface area contributed by atoms with Crippen LogP contribution in [0, 0.1) is 28.6 Å². The van der Waals surface area contributed by atoms with E-state index in [4.69, 9.17) is 0 Å². The number of Topliss-reactive ketones (excluding diaryl/α,β-unsaturated/α-hetero) is 1. The summed E-state index contributed by atoms with van der Waals surface area (Å²) in [6.45, 7) is 4.57. The van der Waals surface area contributed by atoms with E-state index in [1.54, 1.807) is 0 Å². The molecule has 0 aromatic carbocycles. The third kappa shape index (κ3) is 1.61. The lowest BCUT2D eigenvalue weighted by Crippen LogP contribution is -2.61. The molecular weight excluding hydrogens is 260 g/mol. The predicted octanol–water partition coefficient (Wildman–Crippen LogP) is 4.10. The van der Waals surface area contributed by atoms with E-state index in [2.05, 4.69) is 13.8 Å². The van der Waals surface area contributed by atoms with Crippen LogP contribution in [0.2, 0.25) is 0 Å². The molecule has 2 heteroatoms. The molecule has 21 heavy (non-hydrogen) atoms. The highest BCUT2D eigenvalue weighted by Crippen LogP contribution is 2.66. The molecule has 1 N–H and O–H groups in total. The van der Waals surface area contributed by atoms with Crippen LogP contribution in [0.25, 0.3) is 0 Å². The summed E-state index contributed by atoms with van der Waals surface area (Å²) in [4.78, 5) is 12.4. The molecule has 4 rings (SSSR count). The van der Waals surface area contributed by atoms with Crippen LogP contribution in [0.15, 0.2) is 0 Å². The summed E-state index contributed by atoms with van der Waals surface area (Å²) < 4.78 is 0. The number of ketones is 1. The Hall–Kier alpha value is -0.370. The fraction of sp³-hybridized carbons (Fsp3) is 0.947. The maximum Gasteiger partial charge on any atom is 0.141 e. The van der Waals surface area contributed by atoms with Crippen molar-refractivity contribution < 1.29 is 9.90 Å². The SMILES string of the molecule is C[C@]12CCCC[C@@H]1CC[C@@H]1[C@@H]2CC[C@]2(C)C(=O)CC[C@@]12O. The van der Waals surface area contributed by atoms with Crippen LogP contribution in [0.4, 0.5) is 0 Å². The molecule has 0 aromatic heterocycles. The second-order valence-corrected chi connectivity index (χ2v) is 8.96. The zero-order chi connectivity index (χ0) is 14.9. The largest absolute Gasteiger partial charge is 0.389 e. The van der Waals surface area contributed by atoms with Crippen LogP contribution in [0.5, 0.6) is 0 Å². The maximum atomic E-state index is 12.4. The smallest absolute Gasteiger partial charge is 0.141 e. The zero-order valence-corrected chi connectivity index (χ0v) is 13.7. The topological polar surface area (TPSA) is 37.3 Å². The number of hydrogen-bond acceptors (Lipinski definition) is 2. The summed E-state index contributed by atoms with van der Waals surface area (Å²) in [6.07, 6.45) is 11.4. The molecule has 4 saturated carbocycles. The number of carbonyl (C=O) groups is 1. The van der Waals surface area contributed by atoms with Crippen molar-refractivity contribution >= 4 is 5.78 Å². The second kappa shape index (κ2) is 4.34. The Balaban J connectivity index is 1.72. The molecule has 0 aliphatic heterocycles. The minimum absolute atomic E-state index is 0.333. The van der Waals surface area contributed by atoms with Crippen molar-refractivity contribution in [1.29, 1.82) is 0 Å². The molecule has 0 bridgehead atoms. The number of fused-ring (bicyclic) bond motifs is 5. The van der Waals surface area contributed by atoms with Crippen LogP contribution >= 0.6 is 0 Å². The first-order chi connectivity index (χ1) is 9.92. The van der Waals surface area contributed by atoms with Gasteiger partial charge in [-0.05, 0) is 75.0 Å². The van der Waals surface area contributed by atoms with Gasteiger partial charge >= 0.3 is 0 Å². The Bertz CT molecular complexity index is 472. The molecule has 118 valence electrons. The summed E-state index contributed by atoms with van der Waals surface area (Å²) in [5, 5.41) is 11.5. The van der Waals surface area contributed by atoms with Crippen molar-refractivity contribution in [3.8, 4) is 0 Å². The molecule has 4 fully saturated rings. The minimum Gasteiger partial charge on any atom is -0.389 e. The highest BCUT2D eigenvalue weighted by atomic mass is 16.3. The van der Waals surface area contributed by atoms with Crippen molar-refractivity contribution in [2.45, 2.75) is 83.7 Å². The van der Waals surface area contributed by atoms with E-state index in [-0.39, 0.29) is 0 Å². The van der Waals surface area contributed by atoms with Gasteiger partial charge in [-0.3, -0.25) is 4.79 Å². The van der Waals surface area contributed by atoms with E-state index in [1.165, 1.54) is 38.5 Å². The molecule has 0 aromatic rings. The first-order valence-corrected chi connectivity index (χ1v) is 9.17. The van der Waals surface area contributed by atoms with E-state index in [9.17, 15) is 9.90 Å². The van der Waals surface area contributed by atoms with Crippen LogP contribution in [0.3, 0.4) is 0 Å². The number of rotatable bonds is 0. The third-order valence-corrected chi connectivity index (χ3v) is 8.48. The number of aliphatic hydroxyl groups is 1. The van der Waals surface area contributed by atoms with Crippen molar-refractivity contribution in [3.05, 3.63) is 0 Å². The van der Waals surface area contributed by atoms with Crippen molar-refractivity contribution in [3.63, 3.8) is 0 Å². The molecular formula is C19H30O2.